The van der Waals surface area contributed by atoms with E-state index in [1.165, 1.54) is 5.56 Å². The van der Waals surface area contributed by atoms with Crippen molar-refractivity contribution in [1.82, 2.24) is 9.80 Å². The molecule has 2 aliphatic heterocycles. The van der Waals surface area contributed by atoms with Crippen molar-refractivity contribution in [3.05, 3.63) is 29.8 Å². The highest BCUT2D eigenvalue weighted by molar-refractivity contribution is 5.80. The SMILES string of the molecule is COc1ccc([C@H]2CCCCN(C(=O)[C@@H]3CCCN(C(=O)OC(C)(C)C)C3)C2)cc1. The summed E-state index contributed by atoms with van der Waals surface area (Å²) < 4.78 is 10.8. The van der Waals surface area contributed by atoms with Crippen LogP contribution in [0.5, 0.6) is 5.75 Å². The number of methoxy groups -OCH3 is 1. The predicted molar refractivity (Wildman–Crippen MR) is 117 cm³/mol. The minimum Gasteiger partial charge on any atom is -0.497 e. The van der Waals surface area contributed by atoms with Crippen molar-refractivity contribution < 1.29 is 19.1 Å². The van der Waals surface area contributed by atoms with Crippen LogP contribution in [0.15, 0.2) is 24.3 Å². The third kappa shape index (κ3) is 5.89. The first-order valence-electron chi connectivity index (χ1n) is 11.2. The number of nitrogens with zero attached hydrogens (tertiary/aromatic N) is 2. The number of benzene rings is 1. The number of piperidine rings is 1. The van der Waals surface area contributed by atoms with Crippen molar-refractivity contribution in [3.8, 4) is 5.75 Å². The van der Waals surface area contributed by atoms with E-state index in [2.05, 4.69) is 12.1 Å². The van der Waals surface area contributed by atoms with E-state index in [9.17, 15) is 9.59 Å². The second kappa shape index (κ2) is 9.71. The first kappa shape index (κ1) is 22.4. The van der Waals surface area contributed by atoms with Gasteiger partial charge in [-0.2, -0.15) is 0 Å². The molecule has 1 aromatic carbocycles. The molecule has 0 bridgehead atoms. The lowest BCUT2D eigenvalue weighted by Gasteiger charge is -2.36. The maximum absolute atomic E-state index is 13.4. The maximum Gasteiger partial charge on any atom is 0.410 e. The third-order valence-corrected chi connectivity index (χ3v) is 5.99. The lowest BCUT2D eigenvalue weighted by atomic mass is 9.93. The normalized spacial score (nSPS) is 22.9. The second-order valence-electron chi connectivity index (χ2n) is 9.52. The molecule has 6 heteroatoms. The number of ether oxygens (including phenoxy) is 2. The van der Waals surface area contributed by atoms with Crippen molar-refractivity contribution in [2.45, 2.75) is 64.4 Å². The van der Waals surface area contributed by atoms with Gasteiger partial charge >= 0.3 is 6.09 Å². The van der Waals surface area contributed by atoms with E-state index in [0.29, 0.717) is 19.0 Å². The fraction of sp³-hybridized carbons (Fsp3) is 0.667. The fourth-order valence-corrected chi connectivity index (χ4v) is 4.42. The summed E-state index contributed by atoms with van der Waals surface area (Å²) in [7, 11) is 1.67. The molecule has 166 valence electrons. The van der Waals surface area contributed by atoms with Gasteiger partial charge in [0.25, 0.3) is 0 Å². The second-order valence-corrected chi connectivity index (χ2v) is 9.52. The Hall–Kier alpha value is -2.24. The molecule has 30 heavy (non-hydrogen) atoms. The Balaban J connectivity index is 1.64. The van der Waals surface area contributed by atoms with Gasteiger partial charge in [0.1, 0.15) is 11.4 Å². The summed E-state index contributed by atoms with van der Waals surface area (Å²) in [5.74, 6) is 1.24. The van der Waals surface area contributed by atoms with Crippen LogP contribution in [0.25, 0.3) is 0 Å². The van der Waals surface area contributed by atoms with Crippen molar-refractivity contribution in [3.63, 3.8) is 0 Å². The molecule has 0 unspecified atom stereocenters. The molecule has 0 saturated carbocycles. The van der Waals surface area contributed by atoms with Crippen molar-refractivity contribution in [1.29, 1.82) is 0 Å². The van der Waals surface area contributed by atoms with Crippen LogP contribution in [0.1, 0.15) is 64.4 Å². The third-order valence-electron chi connectivity index (χ3n) is 5.99. The molecular weight excluding hydrogens is 380 g/mol. The summed E-state index contributed by atoms with van der Waals surface area (Å²) in [6.45, 7) is 8.27. The Labute approximate surface area is 180 Å². The smallest absolute Gasteiger partial charge is 0.410 e. The van der Waals surface area contributed by atoms with Crippen molar-refractivity contribution in [2.75, 3.05) is 33.3 Å². The van der Waals surface area contributed by atoms with E-state index in [-0.39, 0.29) is 17.9 Å². The highest BCUT2D eigenvalue weighted by Gasteiger charge is 2.34. The lowest BCUT2D eigenvalue weighted by Crippen LogP contribution is -2.48. The molecule has 0 spiro atoms. The Kier molecular flexibility index (Phi) is 7.27. The average Bonchev–Trinajstić information content (AvgIpc) is 2.98. The standard InChI is InChI=1S/C24H36N2O4/c1-24(2,3)30-23(28)26-15-7-9-20(17-26)22(27)25-14-6-5-8-19(16-25)18-10-12-21(29-4)13-11-18/h10-13,19-20H,5-9,14-17H2,1-4H3/t19-,20+/m0/s1. The first-order chi connectivity index (χ1) is 14.3. The Morgan fingerprint density at radius 3 is 2.30 bits per heavy atom. The molecular formula is C24H36N2O4. The minimum absolute atomic E-state index is 0.138. The highest BCUT2D eigenvalue weighted by atomic mass is 16.6. The Morgan fingerprint density at radius 1 is 0.933 bits per heavy atom. The zero-order valence-electron chi connectivity index (χ0n) is 18.9. The van der Waals surface area contributed by atoms with E-state index < -0.39 is 5.60 Å². The van der Waals surface area contributed by atoms with Crippen LogP contribution in [0, 0.1) is 5.92 Å². The number of rotatable bonds is 3. The van der Waals surface area contributed by atoms with Crippen LogP contribution in [0.4, 0.5) is 4.79 Å². The number of hydrogen-bond donors (Lipinski definition) is 0. The maximum atomic E-state index is 13.4. The van der Waals surface area contributed by atoms with E-state index in [1.54, 1.807) is 12.0 Å². The van der Waals surface area contributed by atoms with Crippen LogP contribution in [-0.2, 0) is 9.53 Å². The molecule has 0 aliphatic carbocycles. The van der Waals surface area contributed by atoms with Gasteiger partial charge in [0.05, 0.1) is 13.0 Å². The van der Waals surface area contributed by atoms with E-state index >= 15 is 0 Å². The summed E-state index contributed by atoms with van der Waals surface area (Å²) in [6, 6.07) is 8.21. The molecule has 0 radical (unpaired) electrons. The number of amides is 2. The van der Waals surface area contributed by atoms with E-state index in [4.69, 9.17) is 9.47 Å². The summed E-state index contributed by atoms with van der Waals surface area (Å²) in [6.07, 6.45) is 4.60. The van der Waals surface area contributed by atoms with Gasteiger partial charge in [-0.05, 0) is 64.2 Å². The molecule has 0 aromatic heterocycles. The van der Waals surface area contributed by atoms with Crippen LogP contribution in [-0.4, -0.2) is 60.7 Å². The highest BCUT2D eigenvalue weighted by Crippen LogP contribution is 2.30. The molecule has 1 aromatic rings. The number of hydrogen-bond acceptors (Lipinski definition) is 4. The Morgan fingerprint density at radius 2 is 1.63 bits per heavy atom. The predicted octanol–water partition coefficient (Wildman–Crippen LogP) is 4.44. The van der Waals surface area contributed by atoms with Crippen LogP contribution < -0.4 is 4.74 Å². The quantitative estimate of drug-likeness (QED) is 0.731. The van der Waals surface area contributed by atoms with Gasteiger partial charge in [-0.3, -0.25) is 4.79 Å². The van der Waals surface area contributed by atoms with Gasteiger partial charge in [-0.1, -0.05) is 18.6 Å². The first-order valence-corrected chi connectivity index (χ1v) is 11.2. The van der Waals surface area contributed by atoms with Crippen LogP contribution in [0.3, 0.4) is 0 Å². The minimum atomic E-state index is -0.523. The molecule has 0 N–H and O–H groups in total. The summed E-state index contributed by atoms with van der Waals surface area (Å²) in [4.78, 5) is 29.6. The zero-order valence-corrected chi connectivity index (χ0v) is 18.9. The van der Waals surface area contributed by atoms with Crippen LogP contribution in [0.2, 0.25) is 0 Å². The molecule has 2 atom stereocenters. The zero-order chi connectivity index (χ0) is 21.7. The average molecular weight is 417 g/mol. The van der Waals surface area contributed by atoms with Gasteiger partial charge in [-0.25, -0.2) is 4.79 Å². The van der Waals surface area contributed by atoms with Gasteiger partial charge in [-0.15, -0.1) is 0 Å². The van der Waals surface area contributed by atoms with E-state index in [1.807, 2.05) is 37.8 Å². The molecule has 2 fully saturated rings. The van der Waals surface area contributed by atoms with Gasteiger partial charge in [0.15, 0.2) is 0 Å². The topological polar surface area (TPSA) is 59.1 Å². The van der Waals surface area contributed by atoms with Crippen LogP contribution >= 0.6 is 0 Å². The largest absolute Gasteiger partial charge is 0.497 e. The summed E-state index contributed by atoms with van der Waals surface area (Å²) >= 11 is 0. The molecule has 3 rings (SSSR count). The molecule has 2 saturated heterocycles. The Bertz CT molecular complexity index is 726. The molecule has 2 amide bonds. The number of likely N-dealkylation sites (tertiary alicyclic amines) is 2. The number of carbonyl (C=O) groups is 2. The fourth-order valence-electron chi connectivity index (χ4n) is 4.42. The monoisotopic (exact) mass is 416 g/mol. The van der Waals surface area contributed by atoms with Gasteiger partial charge in [0.2, 0.25) is 5.91 Å². The summed E-state index contributed by atoms with van der Waals surface area (Å²) in [5, 5.41) is 0. The van der Waals surface area contributed by atoms with E-state index in [0.717, 1.165) is 50.9 Å². The molecule has 2 heterocycles. The molecule has 6 nitrogen and oxygen atoms in total. The van der Waals surface area contributed by atoms with Gasteiger partial charge < -0.3 is 19.3 Å². The molecule has 2 aliphatic rings. The van der Waals surface area contributed by atoms with Crippen molar-refractivity contribution >= 4 is 12.0 Å². The summed E-state index contributed by atoms with van der Waals surface area (Å²) in [5.41, 5.74) is 0.735. The lowest BCUT2D eigenvalue weighted by molar-refractivity contribution is -0.137. The number of carbonyl (C=O) groups excluding carboxylic acids is 2. The van der Waals surface area contributed by atoms with Crippen molar-refractivity contribution in [2.24, 2.45) is 5.92 Å². The van der Waals surface area contributed by atoms with Gasteiger partial charge in [0, 0.05) is 32.1 Å².